The average Bonchev–Trinajstić information content (AvgIpc) is 3.35. The van der Waals surface area contributed by atoms with Crippen molar-refractivity contribution in [1.82, 2.24) is 18.8 Å². The first-order chi connectivity index (χ1) is 16.5. The molecule has 9 nitrogen and oxygen atoms in total. The monoisotopic (exact) mass is 553 g/mol. The number of hydrogen-bond donors (Lipinski definition) is 2. The molecule has 2 aromatic heterocycles. The van der Waals surface area contributed by atoms with Gasteiger partial charge >= 0.3 is 0 Å². The first-order valence-corrected chi connectivity index (χ1v) is 14.3. The number of hydrogen-bond acceptors (Lipinski definition) is 5. The fourth-order valence-corrected chi connectivity index (χ4v) is 7.27. The number of nitrogens with zero attached hydrogens (tertiary/aromatic N) is 3. The second kappa shape index (κ2) is 8.52. The molecule has 0 bridgehead atoms. The molecule has 4 aromatic rings. The molecule has 13 heteroatoms. The number of aromatic amines is 1. The summed E-state index contributed by atoms with van der Waals surface area (Å²) >= 11 is 12.3. The number of nitrogens with one attached hydrogen (secondary N) is 2. The van der Waals surface area contributed by atoms with Gasteiger partial charge in [-0.15, -0.1) is 0 Å². The van der Waals surface area contributed by atoms with Gasteiger partial charge in [-0.05, 0) is 43.3 Å². The third kappa shape index (κ3) is 4.11. The molecule has 2 N–H and O–H groups in total. The zero-order valence-electron chi connectivity index (χ0n) is 18.7. The third-order valence-electron chi connectivity index (χ3n) is 6.20. The summed E-state index contributed by atoms with van der Waals surface area (Å²) in [6.45, 7) is 2.37. The van der Waals surface area contributed by atoms with Gasteiger partial charge in [-0.2, -0.15) is 4.31 Å². The number of aryl methyl sites for hydroxylation is 1. The summed E-state index contributed by atoms with van der Waals surface area (Å²) in [7, 11) is -5.93. The van der Waals surface area contributed by atoms with Gasteiger partial charge in [0.2, 0.25) is 10.0 Å². The second-order valence-corrected chi connectivity index (χ2v) is 12.7. The zero-order chi connectivity index (χ0) is 25.1. The van der Waals surface area contributed by atoms with Crippen LogP contribution in [0.3, 0.4) is 0 Å². The van der Waals surface area contributed by atoms with Crippen molar-refractivity contribution in [2.75, 3.05) is 11.3 Å². The number of fused-ring (bicyclic) bond motifs is 2. The Morgan fingerprint density at radius 1 is 1.00 bits per heavy atom. The van der Waals surface area contributed by atoms with Crippen LogP contribution in [0, 0.1) is 6.92 Å². The fourth-order valence-electron chi connectivity index (χ4n) is 4.24. The Balaban J connectivity index is 1.40. The number of aromatic nitrogens is 3. The second-order valence-electron chi connectivity index (χ2n) is 8.26. The quantitative estimate of drug-likeness (QED) is 0.386. The highest BCUT2D eigenvalue weighted by Gasteiger charge is 2.31. The molecule has 184 valence electrons. The van der Waals surface area contributed by atoms with Crippen molar-refractivity contribution in [2.45, 2.75) is 29.7 Å². The maximum atomic E-state index is 13.2. The summed E-state index contributed by atoms with van der Waals surface area (Å²) in [6, 6.07) is 8.20. The van der Waals surface area contributed by atoms with E-state index in [2.05, 4.69) is 14.7 Å². The molecule has 0 saturated heterocycles. The minimum atomic E-state index is -4.01. The van der Waals surface area contributed by atoms with Gasteiger partial charge in [-0.1, -0.05) is 23.2 Å². The molecule has 2 aromatic carbocycles. The van der Waals surface area contributed by atoms with E-state index in [9.17, 15) is 16.8 Å². The maximum Gasteiger partial charge on any atom is 0.261 e. The first-order valence-electron chi connectivity index (χ1n) is 10.6. The summed E-state index contributed by atoms with van der Waals surface area (Å²) in [5, 5.41) is 1.25. The summed E-state index contributed by atoms with van der Waals surface area (Å²) in [6.07, 6.45) is 2.08. The van der Waals surface area contributed by atoms with Crippen LogP contribution in [0.2, 0.25) is 10.0 Å². The topological polar surface area (TPSA) is 117 Å². The molecule has 1 aliphatic rings. The van der Waals surface area contributed by atoms with E-state index in [0.29, 0.717) is 33.9 Å². The summed E-state index contributed by atoms with van der Waals surface area (Å²) in [5.74, 6) is 0.830. The molecule has 5 rings (SSSR count). The van der Waals surface area contributed by atoms with Crippen LogP contribution in [0.4, 0.5) is 5.69 Å². The Labute approximate surface area is 212 Å². The fraction of sp³-hybridized carbons (Fsp3) is 0.227. The standard InChI is InChI=1S/C22H21Cl2N5O4S2/c1-13-26-19-12-29(10-9-20(19)28(13)2)35(32,33)15-5-3-14(4-6-15)34(30,31)27-18-8-7-16(23)21-17(24)11-25-22(18)21/h3-8,11,25,27H,9-10,12H2,1-2H3. The lowest BCUT2D eigenvalue weighted by molar-refractivity contribution is 0.382. The van der Waals surface area contributed by atoms with Crippen LogP contribution < -0.4 is 4.72 Å². The van der Waals surface area contributed by atoms with E-state index in [1.165, 1.54) is 40.8 Å². The van der Waals surface area contributed by atoms with Crippen molar-refractivity contribution >= 4 is 59.8 Å². The van der Waals surface area contributed by atoms with E-state index in [4.69, 9.17) is 23.2 Å². The van der Waals surface area contributed by atoms with E-state index < -0.39 is 20.0 Å². The van der Waals surface area contributed by atoms with E-state index in [1.54, 1.807) is 6.07 Å². The third-order valence-corrected chi connectivity index (χ3v) is 10.1. The van der Waals surface area contributed by atoms with Gasteiger partial charge in [0.1, 0.15) is 5.82 Å². The van der Waals surface area contributed by atoms with Crippen LogP contribution in [-0.2, 0) is 40.1 Å². The van der Waals surface area contributed by atoms with Crippen molar-refractivity contribution in [3.63, 3.8) is 0 Å². The van der Waals surface area contributed by atoms with Crippen molar-refractivity contribution in [1.29, 1.82) is 0 Å². The van der Waals surface area contributed by atoms with Crippen LogP contribution >= 0.6 is 23.2 Å². The molecule has 1 aliphatic heterocycles. The largest absolute Gasteiger partial charge is 0.358 e. The predicted molar refractivity (Wildman–Crippen MR) is 135 cm³/mol. The van der Waals surface area contributed by atoms with E-state index in [-0.39, 0.29) is 22.0 Å². The van der Waals surface area contributed by atoms with Gasteiger partial charge in [-0.25, -0.2) is 21.8 Å². The van der Waals surface area contributed by atoms with Crippen LogP contribution in [0.5, 0.6) is 0 Å². The number of rotatable bonds is 5. The van der Waals surface area contributed by atoms with Gasteiger partial charge in [0, 0.05) is 37.3 Å². The van der Waals surface area contributed by atoms with E-state index >= 15 is 0 Å². The number of H-pyrrole nitrogens is 1. The predicted octanol–water partition coefficient (Wildman–Crippen LogP) is 4.06. The van der Waals surface area contributed by atoms with Crippen LogP contribution in [0.15, 0.2) is 52.4 Å². The molecule has 0 unspecified atom stereocenters. The average molecular weight is 554 g/mol. The van der Waals surface area contributed by atoms with E-state index in [0.717, 1.165) is 17.2 Å². The highest BCUT2D eigenvalue weighted by Crippen LogP contribution is 2.35. The van der Waals surface area contributed by atoms with Crippen molar-refractivity contribution in [3.05, 3.63) is 69.9 Å². The molecular formula is C22H21Cl2N5O4S2. The molecule has 0 fully saturated rings. The molecule has 0 spiro atoms. The molecule has 0 saturated carbocycles. The van der Waals surface area contributed by atoms with Crippen LogP contribution in [0.25, 0.3) is 10.9 Å². The van der Waals surface area contributed by atoms with Crippen molar-refractivity contribution in [3.8, 4) is 0 Å². The lowest BCUT2D eigenvalue weighted by Crippen LogP contribution is -2.36. The van der Waals surface area contributed by atoms with Gasteiger partial charge in [0.05, 0.1) is 43.3 Å². The highest BCUT2D eigenvalue weighted by atomic mass is 35.5. The maximum absolute atomic E-state index is 13.2. The Morgan fingerprint density at radius 3 is 2.40 bits per heavy atom. The smallest absolute Gasteiger partial charge is 0.261 e. The Morgan fingerprint density at radius 2 is 1.69 bits per heavy atom. The number of imidazole rings is 1. The minimum Gasteiger partial charge on any atom is -0.358 e. The van der Waals surface area contributed by atoms with Gasteiger partial charge in [0.25, 0.3) is 10.0 Å². The summed E-state index contributed by atoms with van der Waals surface area (Å²) in [5.41, 5.74) is 2.48. The van der Waals surface area contributed by atoms with Gasteiger partial charge in [0.15, 0.2) is 0 Å². The van der Waals surface area contributed by atoms with E-state index in [1.807, 2.05) is 18.5 Å². The Hall–Kier alpha value is -2.57. The van der Waals surface area contributed by atoms with Crippen LogP contribution in [0.1, 0.15) is 17.2 Å². The molecule has 0 atom stereocenters. The molecular weight excluding hydrogens is 533 g/mol. The number of anilines is 1. The molecule has 3 heterocycles. The normalized spacial score (nSPS) is 14.9. The highest BCUT2D eigenvalue weighted by molar-refractivity contribution is 7.92. The summed E-state index contributed by atoms with van der Waals surface area (Å²) < 4.78 is 58.3. The minimum absolute atomic E-state index is 0.0117. The number of halogens is 2. The molecule has 35 heavy (non-hydrogen) atoms. The summed E-state index contributed by atoms with van der Waals surface area (Å²) in [4.78, 5) is 7.31. The lowest BCUT2D eigenvalue weighted by atomic mass is 10.2. The van der Waals surface area contributed by atoms with Crippen LogP contribution in [-0.4, -0.2) is 42.2 Å². The van der Waals surface area contributed by atoms with Crippen molar-refractivity contribution in [2.24, 2.45) is 7.05 Å². The molecule has 0 radical (unpaired) electrons. The molecule has 0 aliphatic carbocycles. The first kappa shape index (κ1) is 24.1. The van der Waals surface area contributed by atoms with Gasteiger partial charge in [-0.3, -0.25) is 4.72 Å². The molecule has 0 amide bonds. The lowest BCUT2D eigenvalue weighted by Gasteiger charge is -2.26. The Kier molecular flexibility index (Phi) is 5.88. The number of sulfonamides is 2. The number of benzene rings is 2. The zero-order valence-corrected chi connectivity index (χ0v) is 21.9. The van der Waals surface area contributed by atoms with Gasteiger partial charge < -0.3 is 9.55 Å². The van der Waals surface area contributed by atoms with Crippen molar-refractivity contribution < 1.29 is 16.8 Å². The Bertz CT molecular complexity index is 1680. The SMILES string of the molecule is Cc1nc2c(n1C)CCN(S(=O)(=O)c1ccc(S(=O)(=O)Nc3ccc(Cl)c4c(Cl)c[nH]c34)cc1)C2.